The lowest BCUT2D eigenvalue weighted by atomic mass is 9.92. The van der Waals surface area contributed by atoms with Crippen LogP contribution in [0.4, 0.5) is 19.1 Å². The molecule has 1 N–H and O–H groups in total. The van der Waals surface area contributed by atoms with E-state index >= 15 is 0 Å². The smallest absolute Gasteiger partial charge is 0.342 e. The molecule has 0 aromatic carbocycles. The summed E-state index contributed by atoms with van der Waals surface area (Å²) in [6.07, 6.45) is 5.41. The van der Waals surface area contributed by atoms with E-state index in [1.165, 1.54) is 4.90 Å². The van der Waals surface area contributed by atoms with Gasteiger partial charge < -0.3 is 4.90 Å². The van der Waals surface area contributed by atoms with Crippen molar-refractivity contribution in [3.63, 3.8) is 0 Å². The molecule has 1 unspecified atom stereocenters. The van der Waals surface area contributed by atoms with Gasteiger partial charge in [0.25, 0.3) is 0 Å². The Hall–Kier alpha value is -2.65. The van der Waals surface area contributed by atoms with Crippen LogP contribution >= 0.6 is 0 Å². The fourth-order valence-corrected chi connectivity index (χ4v) is 4.29. The molecule has 182 valence electrons. The number of rotatable bonds is 5. The van der Waals surface area contributed by atoms with Gasteiger partial charge in [0.05, 0.1) is 5.92 Å². The minimum absolute atomic E-state index is 0.145. The van der Waals surface area contributed by atoms with E-state index in [-0.39, 0.29) is 23.7 Å². The topological polar surface area (TPSA) is 80.1 Å². The number of carbonyl (C=O) groups excluding carboxylic acids is 2. The van der Waals surface area contributed by atoms with Crippen LogP contribution in [0.1, 0.15) is 64.1 Å². The minimum Gasteiger partial charge on any atom is -0.342 e. The molecule has 1 saturated heterocycles. The van der Waals surface area contributed by atoms with E-state index in [1.807, 2.05) is 19.9 Å². The number of nitrogens with one attached hydrogen (secondary N) is 1. The van der Waals surface area contributed by atoms with Crippen LogP contribution in [0.3, 0.4) is 0 Å². The van der Waals surface area contributed by atoms with Crippen LogP contribution in [0.5, 0.6) is 0 Å². The molecule has 1 aliphatic carbocycles. The first kappa shape index (κ1) is 25.0. The molecule has 0 saturated carbocycles. The first-order chi connectivity index (χ1) is 15.7. The number of halogens is 3. The van der Waals surface area contributed by atoms with Crippen molar-refractivity contribution in [2.24, 2.45) is 11.8 Å². The third kappa shape index (κ3) is 7.43. The molecule has 7 nitrogen and oxygen atoms in total. The summed E-state index contributed by atoms with van der Waals surface area (Å²) < 4.78 is 39.7. The van der Waals surface area contributed by atoms with E-state index in [1.54, 1.807) is 16.8 Å². The molecule has 2 heterocycles. The molecule has 2 amide bonds. The Bertz CT molecular complexity index is 900. The third-order valence-electron chi connectivity index (χ3n) is 6.07. The number of amides is 2. The van der Waals surface area contributed by atoms with Gasteiger partial charge in [-0.05, 0) is 39.5 Å². The SMILES string of the molecule is C/C=C(/C1CCCCCN(C(=O)CC(F)(F)F)CCCC1)n1nc(NC(=O)C2C=C2)nc1C. The average Bonchev–Trinajstić information content (AvgIpc) is 3.52. The minimum atomic E-state index is -4.47. The van der Waals surface area contributed by atoms with Crippen molar-refractivity contribution in [3.05, 3.63) is 24.1 Å². The van der Waals surface area contributed by atoms with Gasteiger partial charge in [-0.1, -0.05) is 37.5 Å². The summed E-state index contributed by atoms with van der Waals surface area (Å²) in [5.41, 5.74) is 1.01. The summed E-state index contributed by atoms with van der Waals surface area (Å²) >= 11 is 0. The molecule has 1 aromatic heterocycles. The molecule has 0 radical (unpaired) electrons. The molecule has 1 aliphatic heterocycles. The van der Waals surface area contributed by atoms with E-state index < -0.39 is 18.5 Å². The van der Waals surface area contributed by atoms with E-state index in [9.17, 15) is 22.8 Å². The van der Waals surface area contributed by atoms with Crippen LogP contribution < -0.4 is 5.32 Å². The standard InChI is InChI=1S/C23H32F3N5O2/c1-3-19(31-16(2)27-22(29-31)28-21(33)18-11-12-18)17-9-5-4-7-13-30(14-8-6-10-17)20(32)15-23(24,25)26/h3,11-12,17-18H,4-10,13-15H2,1-2H3,(H,28,29,33)/b19-3-. The first-order valence-electron chi connectivity index (χ1n) is 11.6. The van der Waals surface area contributed by atoms with Gasteiger partial charge in [0, 0.05) is 24.7 Å². The van der Waals surface area contributed by atoms with Crippen molar-refractivity contribution in [1.29, 1.82) is 0 Å². The van der Waals surface area contributed by atoms with Crippen LogP contribution in [0.2, 0.25) is 0 Å². The van der Waals surface area contributed by atoms with Crippen molar-refractivity contribution in [1.82, 2.24) is 19.7 Å². The van der Waals surface area contributed by atoms with Crippen molar-refractivity contribution >= 4 is 23.5 Å². The second kappa shape index (κ2) is 11.0. The van der Waals surface area contributed by atoms with Crippen molar-refractivity contribution in [2.75, 3.05) is 18.4 Å². The first-order valence-corrected chi connectivity index (χ1v) is 11.6. The van der Waals surface area contributed by atoms with E-state index in [0.29, 0.717) is 31.8 Å². The highest BCUT2D eigenvalue weighted by Crippen LogP contribution is 2.30. The summed E-state index contributed by atoms with van der Waals surface area (Å²) in [5, 5.41) is 7.25. The van der Waals surface area contributed by atoms with Gasteiger partial charge in [-0.3, -0.25) is 14.9 Å². The second-order valence-corrected chi connectivity index (χ2v) is 8.72. The molecular weight excluding hydrogens is 435 g/mol. The molecule has 2 aliphatic rings. The van der Waals surface area contributed by atoms with E-state index in [4.69, 9.17) is 0 Å². The number of alkyl halides is 3. The monoisotopic (exact) mass is 467 g/mol. The lowest BCUT2D eigenvalue weighted by molar-refractivity contribution is -0.161. The molecule has 1 atom stereocenters. The van der Waals surface area contributed by atoms with E-state index in [2.05, 4.69) is 15.4 Å². The predicted molar refractivity (Wildman–Crippen MR) is 119 cm³/mol. The fourth-order valence-electron chi connectivity index (χ4n) is 4.29. The van der Waals surface area contributed by atoms with Crippen LogP contribution in [0, 0.1) is 18.8 Å². The molecule has 0 bridgehead atoms. The molecule has 1 aromatic rings. The molecule has 33 heavy (non-hydrogen) atoms. The maximum absolute atomic E-state index is 12.6. The predicted octanol–water partition coefficient (Wildman–Crippen LogP) is 4.71. The zero-order valence-corrected chi connectivity index (χ0v) is 19.2. The normalized spacial score (nSPS) is 20.9. The Kier molecular flexibility index (Phi) is 8.31. The molecule has 3 rings (SSSR count). The summed E-state index contributed by atoms with van der Waals surface area (Å²) in [4.78, 5) is 29.8. The average molecular weight is 468 g/mol. The zero-order valence-electron chi connectivity index (χ0n) is 19.2. The van der Waals surface area contributed by atoms with Gasteiger partial charge in [-0.15, -0.1) is 5.10 Å². The number of hydrogen-bond donors (Lipinski definition) is 1. The Morgan fingerprint density at radius 2 is 1.76 bits per heavy atom. The molecule has 0 spiro atoms. The summed E-state index contributed by atoms with van der Waals surface area (Å²) in [6.45, 7) is 4.51. The molecular formula is C23H32F3N5O2. The molecule has 10 heteroatoms. The maximum Gasteiger partial charge on any atom is 0.397 e. The number of carbonyl (C=O) groups is 2. The number of hydrogen-bond acceptors (Lipinski definition) is 4. The summed E-state index contributed by atoms with van der Waals surface area (Å²) in [6, 6.07) is 0. The number of nitrogens with zero attached hydrogens (tertiary/aromatic N) is 4. The zero-order chi connectivity index (χ0) is 24.0. The third-order valence-corrected chi connectivity index (χ3v) is 6.07. The number of anilines is 1. The quantitative estimate of drug-likeness (QED) is 0.636. The Morgan fingerprint density at radius 1 is 1.12 bits per heavy atom. The summed E-state index contributed by atoms with van der Waals surface area (Å²) in [5.74, 6) is 0.0153. The van der Waals surface area contributed by atoms with Gasteiger partial charge in [-0.25, -0.2) is 4.68 Å². The number of aromatic nitrogens is 3. The van der Waals surface area contributed by atoms with Crippen LogP contribution in [0.15, 0.2) is 18.2 Å². The Labute approximate surface area is 192 Å². The van der Waals surface area contributed by atoms with Gasteiger partial charge >= 0.3 is 6.18 Å². The van der Waals surface area contributed by atoms with E-state index in [0.717, 1.165) is 37.8 Å². The Morgan fingerprint density at radius 3 is 2.36 bits per heavy atom. The van der Waals surface area contributed by atoms with Crippen LogP contribution in [-0.4, -0.2) is 50.7 Å². The lowest BCUT2D eigenvalue weighted by Gasteiger charge is -2.23. The van der Waals surface area contributed by atoms with Crippen molar-refractivity contribution in [2.45, 2.75) is 71.4 Å². The van der Waals surface area contributed by atoms with Crippen molar-refractivity contribution < 1.29 is 22.8 Å². The van der Waals surface area contributed by atoms with Crippen LogP contribution in [-0.2, 0) is 9.59 Å². The van der Waals surface area contributed by atoms with Gasteiger partial charge in [0.15, 0.2) is 0 Å². The van der Waals surface area contributed by atoms with Gasteiger partial charge in [0.1, 0.15) is 12.2 Å². The molecule has 1 fully saturated rings. The van der Waals surface area contributed by atoms with Gasteiger partial charge in [-0.2, -0.15) is 18.2 Å². The highest BCUT2D eigenvalue weighted by molar-refractivity contribution is 5.96. The van der Waals surface area contributed by atoms with Crippen LogP contribution in [0.25, 0.3) is 5.70 Å². The highest BCUT2D eigenvalue weighted by Gasteiger charge is 2.33. The Balaban J connectivity index is 1.63. The number of allylic oxidation sites excluding steroid dienone is 2. The number of aryl methyl sites for hydroxylation is 1. The largest absolute Gasteiger partial charge is 0.397 e. The highest BCUT2D eigenvalue weighted by atomic mass is 19.4. The lowest BCUT2D eigenvalue weighted by Crippen LogP contribution is -2.35. The fraction of sp³-hybridized carbons (Fsp3) is 0.652. The van der Waals surface area contributed by atoms with Gasteiger partial charge in [0.2, 0.25) is 17.8 Å². The van der Waals surface area contributed by atoms with Crippen molar-refractivity contribution in [3.8, 4) is 0 Å². The maximum atomic E-state index is 12.6. The second-order valence-electron chi connectivity index (χ2n) is 8.72. The summed E-state index contributed by atoms with van der Waals surface area (Å²) in [7, 11) is 0.